The fourth-order valence-electron chi connectivity index (χ4n) is 1.38. The standard InChI is InChI=1S/C10H11N3/c1-13-6-2-3-10(13)8-4-5-12-7-9(8)11/h2-7H,11H2,1H3. The molecule has 0 amide bonds. The number of nitrogens with zero attached hydrogens (tertiary/aromatic N) is 2. The molecule has 0 aliphatic heterocycles. The Morgan fingerprint density at radius 1 is 1.38 bits per heavy atom. The second-order valence-corrected chi connectivity index (χ2v) is 2.97. The largest absolute Gasteiger partial charge is 0.397 e. The average Bonchev–Trinajstić information content (AvgIpc) is 2.52. The lowest BCUT2D eigenvalue weighted by Crippen LogP contribution is -1.95. The lowest BCUT2D eigenvalue weighted by atomic mass is 10.2. The van der Waals surface area contributed by atoms with Crippen LogP contribution in [0.5, 0.6) is 0 Å². The molecule has 0 aliphatic carbocycles. The van der Waals surface area contributed by atoms with Gasteiger partial charge in [-0.2, -0.15) is 0 Å². The fourth-order valence-corrected chi connectivity index (χ4v) is 1.38. The summed E-state index contributed by atoms with van der Waals surface area (Å²) in [7, 11) is 2.00. The second kappa shape index (κ2) is 2.94. The summed E-state index contributed by atoms with van der Waals surface area (Å²) in [4.78, 5) is 3.95. The number of nitrogen functional groups attached to an aromatic ring is 1. The van der Waals surface area contributed by atoms with Gasteiger partial charge in [-0.1, -0.05) is 0 Å². The lowest BCUT2D eigenvalue weighted by Gasteiger charge is -2.05. The van der Waals surface area contributed by atoms with Gasteiger partial charge >= 0.3 is 0 Å². The molecule has 0 saturated carbocycles. The molecular formula is C10H11N3. The van der Waals surface area contributed by atoms with Crippen LogP contribution in [0.25, 0.3) is 11.3 Å². The summed E-state index contributed by atoms with van der Waals surface area (Å²) in [6, 6.07) is 5.95. The van der Waals surface area contributed by atoms with Gasteiger partial charge in [0.05, 0.1) is 11.9 Å². The number of anilines is 1. The minimum Gasteiger partial charge on any atom is -0.397 e. The van der Waals surface area contributed by atoms with E-state index in [0.717, 1.165) is 11.3 Å². The normalized spacial score (nSPS) is 10.2. The maximum atomic E-state index is 5.80. The van der Waals surface area contributed by atoms with Crippen LogP contribution in [0, 0.1) is 0 Å². The molecule has 0 aliphatic rings. The van der Waals surface area contributed by atoms with Gasteiger partial charge in [0.1, 0.15) is 0 Å². The van der Waals surface area contributed by atoms with Crippen LogP contribution in [0.1, 0.15) is 0 Å². The number of rotatable bonds is 1. The molecule has 2 aromatic heterocycles. The number of hydrogen-bond donors (Lipinski definition) is 1. The summed E-state index contributed by atoms with van der Waals surface area (Å²) in [5.41, 5.74) is 8.66. The van der Waals surface area contributed by atoms with Crippen molar-refractivity contribution in [2.75, 3.05) is 5.73 Å². The molecule has 2 rings (SSSR count). The zero-order valence-corrected chi connectivity index (χ0v) is 7.44. The third-order valence-electron chi connectivity index (χ3n) is 2.07. The van der Waals surface area contributed by atoms with Crippen molar-refractivity contribution in [3.63, 3.8) is 0 Å². The van der Waals surface area contributed by atoms with E-state index < -0.39 is 0 Å². The number of aryl methyl sites for hydroxylation is 1. The van der Waals surface area contributed by atoms with Gasteiger partial charge in [-0.25, -0.2) is 0 Å². The highest BCUT2D eigenvalue weighted by Gasteiger charge is 2.03. The third-order valence-corrected chi connectivity index (χ3v) is 2.07. The topological polar surface area (TPSA) is 43.8 Å². The quantitative estimate of drug-likeness (QED) is 0.712. The molecule has 3 nitrogen and oxygen atoms in total. The number of hydrogen-bond acceptors (Lipinski definition) is 2. The fraction of sp³-hybridized carbons (Fsp3) is 0.100. The van der Waals surface area contributed by atoms with E-state index in [0.29, 0.717) is 5.69 Å². The van der Waals surface area contributed by atoms with Crippen molar-refractivity contribution in [1.29, 1.82) is 0 Å². The van der Waals surface area contributed by atoms with Gasteiger partial charge in [0, 0.05) is 30.7 Å². The zero-order valence-electron chi connectivity index (χ0n) is 7.44. The Labute approximate surface area is 76.8 Å². The van der Waals surface area contributed by atoms with Crippen molar-refractivity contribution in [3.8, 4) is 11.3 Å². The minimum atomic E-state index is 0.712. The van der Waals surface area contributed by atoms with Crippen molar-refractivity contribution >= 4 is 5.69 Å². The number of pyridine rings is 1. The van der Waals surface area contributed by atoms with Crippen LogP contribution >= 0.6 is 0 Å². The highest BCUT2D eigenvalue weighted by molar-refractivity contribution is 5.73. The molecule has 0 fully saturated rings. The molecule has 0 aromatic carbocycles. The second-order valence-electron chi connectivity index (χ2n) is 2.97. The molecule has 0 unspecified atom stereocenters. The average molecular weight is 173 g/mol. The first-order valence-electron chi connectivity index (χ1n) is 4.10. The molecule has 3 heteroatoms. The van der Waals surface area contributed by atoms with E-state index in [-0.39, 0.29) is 0 Å². The van der Waals surface area contributed by atoms with E-state index in [1.54, 1.807) is 12.4 Å². The molecule has 2 N–H and O–H groups in total. The molecule has 0 radical (unpaired) electrons. The Morgan fingerprint density at radius 2 is 2.23 bits per heavy atom. The first-order chi connectivity index (χ1) is 6.29. The van der Waals surface area contributed by atoms with Gasteiger partial charge in [0.25, 0.3) is 0 Å². The monoisotopic (exact) mass is 173 g/mol. The van der Waals surface area contributed by atoms with E-state index in [9.17, 15) is 0 Å². The number of nitrogens with two attached hydrogens (primary N) is 1. The molecule has 0 atom stereocenters. The summed E-state index contributed by atoms with van der Waals surface area (Å²) < 4.78 is 2.03. The third kappa shape index (κ3) is 1.28. The molecule has 0 spiro atoms. The van der Waals surface area contributed by atoms with Gasteiger partial charge < -0.3 is 10.3 Å². The molecular weight excluding hydrogens is 162 g/mol. The summed E-state index contributed by atoms with van der Waals surface area (Å²) in [5.74, 6) is 0. The molecule has 13 heavy (non-hydrogen) atoms. The Bertz CT molecular complexity index is 418. The highest BCUT2D eigenvalue weighted by atomic mass is 14.9. The smallest absolute Gasteiger partial charge is 0.0595 e. The number of aromatic nitrogens is 2. The van der Waals surface area contributed by atoms with Crippen LogP contribution in [0.4, 0.5) is 5.69 Å². The highest BCUT2D eigenvalue weighted by Crippen LogP contribution is 2.23. The summed E-state index contributed by atoms with van der Waals surface area (Å²) in [6.45, 7) is 0. The van der Waals surface area contributed by atoms with Gasteiger partial charge in [0.15, 0.2) is 0 Å². The van der Waals surface area contributed by atoms with E-state index in [1.807, 2.05) is 36.0 Å². The van der Waals surface area contributed by atoms with Crippen molar-refractivity contribution in [3.05, 3.63) is 36.8 Å². The first kappa shape index (κ1) is 7.86. The van der Waals surface area contributed by atoms with E-state index >= 15 is 0 Å². The molecule has 0 bridgehead atoms. The predicted molar refractivity (Wildman–Crippen MR) is 53.1 cm³/mol. The Balaban J connectivity index is 2.59. The first-order valence-corrected chi connectivity index (χ1v) is 4.10. The molecule has 2 aromatic rings. The van der Waals surface area contributed by atoms with Crippen molar-refractivity contribution < 1.29 is 0 Å². The maximum Gasteiger partial charge on any atom is 0.0595 e. The minimum absolute atomic E-state index is 0.712. The SMILES string of the molecule is Cn1cccc1-c1ccncc1N. The Kier molecular flexibility index (Phi) is 1.77. The predicted octanol–water partition coefficient (Wildman–Crippen LogP) is 1.67. The Morgan fingerprint density at radius 3 is 2.85 bits per heavy atom. The van der Waals surface area contributed by atoms with E-state index in [2.05, 4.69) is 4.98 Å². The van der Waals surface area contributed by atoms with E-state index in [4.69, 9.17) is 5.73 Å². The van der Waals surface area contributed by atoms with Gasteiger partial charge in [-0.05, 0) is 18.2 Å². The van der Waals surface area contributed by atoms with Crippen molar-refractivity contribution in [2.45, 2.75) is 0 Å². The van der Waals surface area contributed by atoms with Crippen LogP contribution in [-0.2, 0) is 7.05 Å². The van der Waals surface area contributed by atoms with Crippen LogP contribution in [0.2, 0.25) is 0 Å². The van der Waals surface area contributed by atoms with Crippen LogP contribution in [0.15, 0.2) is 36.8 Å². The van der Waals surface area contributed by atoms with Crippen LogP contribution in [0.3, 0.4) is 0 Å². The maximum absolute atomic E-state index is 5.80. The summed E-state index contributed by atoms with van der Waals surface area (Å²) in [5, 5.41) is 0. The van der Waals surface area contributed by atoms with Crippen molar-refractivity contribution in [1.82, 2.24) is 9.55 Å². The molecule has 0 saturated heterocycles. The van der Waals surface area contributed by atoms with E-state index in [1.165, 1.54) is 0 Å². The van der Waals surface area contributed by atoms with Crippen LogP contribution < -0.4 is 5.73 Å². The van der Waals surface area contributed by atoms with Gasteiger partial charge in [-0.3, -0.25) is 4.98 Å². The summed E-state index contributed by atoms with van der Waals surface area (Å²) in [6.07, 6.45) is 5.41. The lowest BCUT2D eigenvalue weighted by molar-refractivity contribution is 0.937. The summed E-state index contributed by atoms with van der Waals surface area (Å²) >= 11 is 0. The Hall–Kier alpha value is -1.77. The van der Waals surface area contributed by atoms with Crippen molar-refractivity contribution in [2.24, 2.45) is 7.05 Å². The van der Waals surface area contributed by atoms with Gasteiger partial charge in [0.2, 0.25) is 0 Å². The molecule has 66 valence electrons. The van der Waals surface area contributed by atoms with Crippen LogP contribution in [-0.4, -0.2) is 9.55 Å². The molecule has 2 heterocycles. The van der Waals surface area contributed by atoms with Gasteiger partial charge in [-0.15, -0.1) is 0 Å². The zero-order chi connectivity index (χ0) is 9.26.